The van der Waals surface area contributed by atoms with E-state index in [4.69, 9.17) is 4.98 Å². The van der Waals surface area contributed by atoms with E-state index in [0.29, 0.717) is 5.25 Å². The predicted octanol–water partition coefficient (Wildman–Crippen LogP) is 4.59. The number of hydrogen-bond donors (Lipinski definition) is 0. The van der Waals surface area contributed by atoms with Crippen LogP contribution in [-0.4, -0.2) is 15.2 Å². The Kier molecular flexibility index (Phi) is 3.15. The molecule has 3 rings (SSSR count). The maximum absolute atomic E-state index is 4.70. The monoisotopic (exact) mass is 268 g/mol. The van der Waals surface area contributed by atoms with Crippen LogP contribution in [0.2, 0.25) is 0 Å². The van der Waals surface area contributed by atoms with Crippen LogP contribution < -0.4 is 0 Å². The molecule has 0 radical (unpaired) electrons. The normalized spacial score (nSPS) is 11.6. The Bertz CT molecular complexity index is 750. The zero-order valence-electron chi connectivity index (χ0n) is 11.3. The molecular weight excluding hydrogens is 252 g/mol. The van der Waals surface area contributed by atoms with Gasteiger partial charge in [0.2, 0.25) is 0 Å². The van der Waals surface area contributed by atoms with Gasteiger partial charge in [-0.2, -0.15) is 0 Å². The van der Waals surface area contributed by atoms with Crippen LogP contribution in [0.25, 0.3) is 21.8 Å². The summed E-state index contributed by atoms with van der Waals surface area (Å²) in [7, 11) is 0. The average molecular weight is 268 g/mol. The van der Waals surface area contributed by atoms with Crippen LogP contribution in [0.4, 0.5) is 0 Å². The van der Waals surface area contributed by atoms with Crippen molar-refractivity contribution in [2.24, 2.45) is 0 Å². The van der Waals surface area contributed by atoms with E-state index < -0.39 is 0 Å². The van der Waals surface area contributed by atoms with Gasteiger partial charge in [-0.15, -0.1) is 11.8 Å². The van der Waals surface area contributed by atoms with Crippen molar-refractivity contribution in [3.05, 3.63) is 42.2 Å². The standard InChI is InChI=1S/C16H16N2S/c1-10(2)19-14-9-11(3)18-16-13(14)7-6-12-5-4-8-17-15(12)16/h4-10H,1-3H3. The maximum atomic E-state index is 4.70. The minimum atomic E-state index is 0.560. The predicted molar refractivity (Wildman–Crippen MR) is 82.8 cm³/mol. The lowest BCUT2D eigenvalue weighted by atomic mass is 10.1. The number of pyridine rings is 2. The lowest BCUT2D eigenvalue weighted by Crippen LogP contribution is -1.93. The van der Waals surface area contributed by atoms with Crippen LogP contribution in [-0.2, 0) is 0 Å². The minimum absolute atomic E-state index is 0.560. The molecule has 2 heterocycles. The van der Waals surface area contributed by atoms with Gasteiger partial charge in [-0.3, -0.25) is 9.97 Å². The molecule has 0 saturated heterocycles. The number of nitrogens with zero attached hydrogens (tertiary/aromatic N) is 2. The fraction of sp³-hybridized carbons (Fsp3) is 0.250. The highest BCUT2D eigenvalue weighted by Gasteiger charge is 2.10. The van der Waals surface area contributed by atoms with Gasteiger partial charge in [0, 0.05) is 32.8 Å². The van der Waals surface area contributed by atoms with Gasteiger partial charge in [0.15, 0.2) is 0 Å². The van der Waals surface area contributed by atoms with Gasteiger partial charge in [-0.1, -0.05) is 32.0 Å². The van der Waals surface area contributed by atoms with Crippen molar-refractivity contribution in [2.45, 2.75) is 30.9 Å². The van der Waals surface area contributed by atoms with E-state index in [2.05, 4.69) is 43.1 Å². The highest BCUT2D eigenvalue weighted by Crippen LogP contribution is 2.33. The summed E-state index contributed by atoms with van der Waals surface area (Å²) >= 11 is 1.88. The number of aryl methyl sites for hydroxylation is 1. The Morgan fingerprint density at radius 1 is 1.11 bits per heavy atom. The number of benzene rings is 1. The van der Waals surface area contributed by atoms with Gasteiger partial charge in [0.1, 0.15) is 0 Å². The molecule has 0 spiro atoms. The summed E-state index contributed by atoms with van der Waals surface area (Å²) in [5.41, 5.74) is 3.06. The van der Waals surface area contributed by atoms with Crippen molar-refractivity contribution in [3.8, 4) is 0 Å². The molecule has 0 aliphatic heterocycles. The lowest BCUT2D eigenvalue weighted by molar-refractivity contribution is 1.11. The fourth-order valence-corrected chi connectivity index (χ4v) is 3.31. The molecule has 0 fully saturated rings. The van der Waals surface area contributed by atoms with Crippen LogP contribution >= 0.6 is 11.8 Å². The van der Waals surface area contributed by atoms with Crippen molar-refractivity contribution in [3.63, 3.8) is 0 Å². The topological polar surface area (TPSA) is 25.8 Å². The molecule has 96 valence electrons. The minimum Gasteiger partial charge on any atom is -0.254 e. The zero-order valence-corrected chi connectivity index (χ0v) is 12.2. The molecule has 19 heavy (non-hydrogen) atoms. The summed E-state index contributed by atoms with van der Waals surface area (Å²) in [6.45, 7) is 6.47. The fourth-order valence-electron chi connectivity index (χ4n) is 2.27. The first-order valence-electron chi connectivity index (χ1n) is 6.47. The van der Waals surface area contributed by atoms with Crippen molar-refractivity contribution in [1.29, 1.82) is 0 Å². The number of aromatic nitrogens is 2. The summed E-state index contributed by atoms with van der Waals surface area (Å²) < 4.78 is 0. The third kappa shape index (κ3) is 2.30. The number of thioether (sulfide) groups is 1. The lowest BCUT2D eigenvalue weighted by Gasteiger charge is -2.11. The molecule has 0 saturated carbocycles. The van der Waals surface area contributed by atoms with Gasteiger partial charge in [-0.25, -0.2) is 0 Å². The first-order chi connectivity index (χ1) is 9.15. The SMILES string of the molecule is Cc1cc(SC(C)C)c2ccc3cccnc3c2n1. The largest absolute Gasteiger partial charge is 0.254 e. The second-order valence-corrected chi connectivity index (χ2v) is 6.58. The van der Waals surface area contributed by atoms with E-state index in [0.717, 1.165) is 22.1 Å². The Morgan fingerprint density at radius 2 is 1.95 bits per heavy atom. The summed E-state index contributed by atoms with van der Waals surface area (Å²) in [4.78, 5) is 10.5. The highest BCUT2D eigenvalue weighted by atomic mass is 32.2. The van der Waals surface area contributed by atoms with Crippen molar-refractivity contribution >= 4 is 33.6 Å². The van der Waals surface area contributed by atoms with E-state index in [-0.39, 0.29) is 0 Å². The summed E-state index contributed by atoms with van der Waals surface area (Å²) in [6, 6.07) is 10.5. The third-order valence-corrected chi connectivity index (χ3v) is 4.07. The molecule has 0 aliphatic rings. The number of rotatable bonds is 2. The van der Waals surface area contributed by atoms with Gasteiger partial charge in [0.05, 0.1) is 11.0 Å². The van der Waals surface area contributed by atoms with Crippen molar-refractivity contribution in [2.75, 3.05) is 0 Å². The summed E-state index contributed by atoms with van der Waals surface area (Å²) in [5, 5.41) is 2.91. The van der Waals surface area contributed by atoms with Gasteiger partial charge in [0.25, 0.3) is 0 Å². The van der Waals surface area contributed by atoms with E-state index in [9.17, 15) is 0 Å². The molecule has 0 N–H and O–H groups in total. The molecule has 0 amide bonds. The Hall–Kier alpha value is -1.61. The van der Waals surface area contributed by atoms with Gasteiger partial charge < -0.3 is 0 Å². The number of hydrogen-bond acceptors (Lipinski definition) is 3. The summed E-state index contributed by atoms with van der Waals surface area (Å²) in [6.07, 6.45) is 1.83. The van der Waals surface area contributed by atoms with E-state index in [1.54, 1.807) is 0 Å². The highest BCUT2D eigenvalue weighted by molar-refractivity contribution is 8.00. The van der Waals surface area contributed by atoms with Crippen molar-refractivity contribution in [1.82, 2.24) is 9.97 Å². The molecule has 2 nitrogen and oxygen atoms in total. The van der Waals surface area contributed by atoms with Gasteiger partial charge >= 0.3 is 0 Å². The van der Waals surface area contributed by atoms with Gasteiger partial charge in [-0.05, 0) is 19.1 Å². The molecule has 2 aromatic heterocycles. The average Bonchev–Trinajstić information content (AvgIpc) is 2.37. The van der Waals surface area contributed by atoms with Crippen molar-refractivity contribution < 1.29 is 0 Å². The molecule has 0 aliphatic carbocycles. The van der Waals surface area contributed by atoms with Crippen LogP contribution in [0.1, 0.15) is 19.5 Å². The summed E-state index contributed by atoms with van der Waals surface area (Å²) in [5.74, 6) is 0. The molecular formula is C16H16N2S. The van der Waals surface area contributed by atoms with E-state index in [1.807, 2.05) is 30.9 Å². The molecule has 1 aromatic carbocycles. The first kappa shape index (κ1) is 12.4. The Morgan fingerprint density at radius 3 is 2.74 bits per heavy atom. The Labute approximate surface area is 117 Å². The van der Waals surface area contributed by atoms with Crippen LogP contribution in [0.5, 0.6) is 0 Å². The molecule has 0 unspecified atom stereocenters. The van der Waals surface area contributed by atoms with Crippen LogP contribution in [0, 0.1) is 6.92 Å². The molecule has 3 aromatic rings. The molecule has 0 atom stereocenters. The van der Waals surface area contributed by atoms with Crippen LogP contribution in [0.15, 0.2) is 41.4 Å². The second kappa shape index (κ2) is 4.82. The van der Waals surface area contributed by atoms with Crippen LogP contribution in [0.3, 0.4) is 0 Å². The maximum Gasteiger partial charge on any atom is 0.0978 e. The van der Waals surface area contributed by atoms with E-state index in [1.165, 1.54) is 10.3 Å². The molecule has 3 heteroatoms. The zero-order chi connectivity index (χ0) is 13.4. The number of fused-ring (bicyclic) bond motifs is 3. The first-order valence-corrected chi connectivity index (χ1v) is 7.35. The molecule has 0 bridgehead atoms. The quantitative estimate of drug-likeness (QED) is 0.502. The van der Waals surface area contributed by atoms with E-state index >= 15 is 0 Å². The third-order valence-electron chi connectivity index (χ3n) is 3.00. The Balaban J connectivity index is 2.37. The smallest absolute Gasteiger partial charge is 0.0978 e. The second-order valence-electron chi connectivity index (χ2n) is 4.97.